The van der Waals surface area contributed by atoms with Gasteiger partial charge in [0, 0.05) is 28.2 Å². The second-order valence-electron chi connectivity index (χ2n) is 10.8. The Balaban J connectivity index is 1.24. The van der Waals surface area contributed by atoms with Crippen molar-refractivity contribution >= 4 is 39.1 Å². The van der Waals surface area contributed by atoms with E-state index in [2.05, 4.69) is 112 Å². The summed E-state index contributed by atoms with van der Waals surface area (Å²) >= 11 is 0. The third-order valence-corrected chi connectivity index (χ3v) is 7.93. The van der Waals surface area contributed by atoms with E-state index >= 15 is 0 Å². The van der Waals surface area contributed by atoms with E-state index in [0.29, 0.717) is 0 Å². The first-order chi connectivity index (χ1) is 22.3. The minimum atomic E-state index is 0.829. The predicted octanol–water partition coefficient (Wildman–Crippen LogP) is 10.0. The van der Waals surface area contributed by atoms with Crippen molar-refractivity contribution in [2.75, 3.05) is 4.90 Å². The van der Waals surface area contributed by atoms with Gasteiger partial charge in [0.05, 0.1) is 45.8 Å². The normalized spacial score (nSPS) is 11.1. The van der Waals surface area contributed by atoms with Crippen LogP contribution in [-0.2, 0) is 0 Å². The van der Waals surface area contributed by atoms with Crippen molar-refractivity contribution in [3.05, 3.63) is 164 Å². The molecule has 5 nitrogen and oxygen atoms in total. The molecule has 0 saturated carbocycles. The SMILES string of the molecule is c1ccc(-c2ccc(N(c3cccc(-c4cnc5ccccc5n4)c3)c3cccc(-c4cnc5ccccc5n4)c3)cc2)cc1. The lowest BCUT2D eigenvalue weighted by atomic mass is 10.0. The van der Waals surface area contributed by atoms with E-state index in [-0.39, 0.29) is 0 Å². The summed E-state index contributed by atoms with van der Waals surface area (Å²) in [5.74, 6) is 0. The summed E-state index contributed by atoms with van der Waals surface area (Å²) in [6.07, 6.45) is 3.69. The third kappa shape index (κ3) is 5.28. The molecule has 0 N–H and O–H groups in total. The summed E-state index contributed by atoms with van der Waals surface area (Å²) in [7, 11) is 0. The van der Waals surface area contributed by atoms with Crippen LogP contribution in [-0.4, -0.2) is 19.9 Å². The fourth-order valence-corrected chi connectivity index (χ4v) is 5.68. The molecular weight excluding hydrogens is 550 g/mol. The molecule has 0 atom stereocenters. The molecule has 0 radical (unpaired) electrons. The van der Waals surface area contributed by atoms with Crippen molar-refractivity contribution < 1.29 is 0 Å². The molecule has 8 rings (SSSR count). The van der Waals surface area contributed by atoms with Crippen molar-refractivity contribution in [3.8, 4) is 33.6 Å². The first kappa shape index (κ1) is 26.4. The average Bonchev–Trinajstić information content (AvgIpc) is 3.12. The largest absolute Gasteiger partial charge is 0.310 e. The quantitative estimate of drug-likeness (QED) is 0.197. The first-order valence-corrected chi connectivity index (χ1v) is 14.9. The van der Waals surface area contributed by atoms with E-state index in [9.17, 15) is 0 Å². The molecule has 8 aromatic rings. The summed E-state index contributed by atoms with van der Waals surface area (Å²) in [6, 6.07) is 52.0. The maximum absolute atomic E-state index is 4.92. The van der Waals surface area contributed by atoms with Crippen LogP contribution in [0.15, 0.2) is 164 Å². The lowest BCUT2D eigenvalue weighted by Crippen LogP contribution is -2.10. The van der Waals surface area contributed by atoms with Crippen LogP contribution >= 0.6 is 0 Å². The summed E-state index contributed by atoms with van der Waals surface area (Å²) in [5, 5.41) is 0. The van der Waals surface area contributed by atoms with E-state index in [1.165, 1.54) is 11.1 Å². The van der Waals surface area contributed by atoms with Crippen molar-refractivity contribution in [1.29, 1.82) is 0 Å². The van der Waals surface area contributed by atoms with Gasteiger partial charge >= 0.3 is 0 Å². The minimum absolute atomic E-state index is 0.829. The Hall–Kier alpha value is -6.20. The van der Waals surface area contributed by atoms with Gasteiger partial charge in [-0.15, -0.1) is 0 Å². The van der Waals surface area contributed by atoms with Crippen molar-refractivity contribution in [3.63, 3.8) is 0 Å². The molecule has 0 aliphatic heterocycles. The lowest BCUT2D eigenvalue weighted by molar-refractivity contribution is 1.26. The van der Waals surface area contributed by atoms with Crippen LogP contribution in [0.5, 0.6) is 0 Å². The molecular formula is C40H27N5. The highest BCUT2D eigenvalue weighted by Crippen LogP contribution is 2.38. The Morgan fingerprint density at radius 2 is 0.778 bits per heavy atom. The van der Waals surface area contributed by atoms with E-state index < -0.39 is 0 Å². The van der Waals surface area contributed by atoms with Gasteiger partial charge in [0.15, 0.2) is 0 Å². The molecule has 0 aliphatic carbocycles. The number of aromatic nitrogens is 4. The van der Waals surface area contributed by atoms with Gasteiger partial charge < -0.3 is 4.90 Å². The number of benzene rings is 6. The van der Waals surface area contributed by atoms with Gasteiger partial charge in [-0.3, -0.25) is 9.97 Å². The van der Waals surface area contributed by atoms with Crippen LogP contribution in [0, 0.1) is 0 Å². The highest BCUT2D eigenvalue weighted by Gasteiger charge is 2.16. The van der Waals surface area contributed by atoms with E-state index in [0.717, 1.165) is 61.6 Å². The standard InChI is InChI=1S/C40H27N5/c1-2-10-28(11-3-1)29-20-22-32(23-21-29)45(33-14-8-12-30(24-33)39-26-41-35-16-4-6-18-37(35)43-39)34-15-9-13-31(25-34)40-27-42-36-17-5-7-19-38(36)44-40/h1-27H. The zero-order valence-electron chi connectivity index (χ0n) is 24.3. The van der Waals surface area contributed by atoms with Crippen molar-refractivity contribution in [2.24, 2.45) is 0 Å². The zero-order valence-corrected chi connectivity index (χ0v) is 24.3. The van der Waals surface area contributed by atoms with Crippen LogP contribution in [0.3, 0.4) is 0 Å². The number of para-hydroxylation sites is 4. The van der Waals surface area contributed by atoms with E-state index in [1.807, 2.05) is 67.0 Å². The summed E-state index contributed by atoms with van der Waals surface area (Å²) in [5.41, 5.74) is 12.6. The Labute approximate surface area is 261 Å². The van der Waals surface area contributed by atoms with Gasteiger partial charge in [0.25, 0.3) is 0 Å². The highest BCUT2D eigenvalue weighted by atomic mass is 15.1. The molecule has 0 saturated heterocycles. The number of rotatable bonds is 6. The summed E-state index contributed by atoms with van der Waals surface area (Å²) in [6.45, 7) is 0. The Bertz CT molecular complexity index is 2160. The maximum Gasteiger partial charge on any atom is 0.0894 e. The number of anilines is 3. The molecule has 0 aliphatic rings. The van der Waals surface area contributed by atoms with Crippen LogP contribution in [0.2, 0.25) is 0 Å². The van der Waals surface area contributed by atoms with Gasteiger partial charge in [-0.1, -0.05) is 91.0 Å². The van der Waals surface area contributed by atoms with Crippen LogP contribution in [0.4, 0.5) is 17.1 Å². The van der Waals surface area contributed by atoms with Gasteiger partial charge in [0.1, 0.15) is 0 Å². The first-order valence-electron chi connectivity index (χ1n) is 14.9. The summed E-state index contributed by atoms with van der Waals surface area (Å²) in [4.78, 5) is 21.4. The lowest BCUT2D eigenvalue weighted by Gasteiger charge is -2.26. The molecule has 45 heavy (non-hydrogen) atoms. The van der Waals surface area contributed by atoms with Gasteiger partial charge in [-0.25, -0.2) is 9.97 Å². The number of nitrogens with zero attached hydrogens (tertiary/aromatic N) is 5. The second-order valence-corrected chi connectivity index (χ2v) is 10.8. The predicted molar refractivity (Wildman–Crippen MR) is 184 cm³/mol. The minimum Gasteiger partial charge on any atom is -0.310 e. The zero-order chi connectivity index (χ0) is 30.0. The average molecular weight is 578 g/mol. The fourth-order valence-electron chi connectivity index (χ4n) is 5.68. The van der Waals surface area contributed by atoms with Crippen LogP contribution < -0.4 is 4.90 Å². The molecule has 6 aromatic carbocycles. The van der Waals surface area contributed by atoms with Gasteiger partial charge in [-0.05, 0) is 71.8 Å². The van der Waals surface area contributed by atoms with E-state index in [1.54, 1.807) is 0 Å². The van der Waals surface area contributed by atoms with Crippen molar-refractivity contribution in [2.45, 2.75) is 0 Å². The molecule has 0 amide bonds. The van der Waals surface area contributed by atoms with Crippen LogP contribution in [0.1, 0.15) is 0 Å². The van der Waals surface area contributed by atoms with Crippen LogP contribution in [0.25, 0.3) is 55.7 Å². The number of hydrogen-bond acceptors (Lipinski definition) is 5. The molecule has 5 heteroatoms. The van der Waals surface area contributed by atoms with Crippen molar-refractivity contribution in [1.82, 2.24) is 19.9 Å². The molecule has 0 bridgehead atoms. The highest BCUT2D eigenvalue weighted by molar-refractivity contribution is 5.84. The Morgan fingerprint density at radius 3 is 1.31 bits per heavy atom. The maximum atomic E-state index is 4.92. The molecule has 0 spiro atoms. The topological polar surface area (TPSA) is 54.8 Å². The Kier molecular flexibility index (Phi) is 6.74. The molecule has 0 fully saturated rings. The third-order valence-electron chi connectivity index (χ3n) is 7.93. The summed E-state index contributed by atoms with van der Waals surface area (Å²) < 4.78 is 0. The molecule has 2 aromatic heterocycles. The molecule has 0 unspecified atom stereocenters. The Morgan fingerprint density at radius 1 is 0.333 bits per heavy atom. The van der Waals surface area contributed by atoms with Gasteiger partial charge in [-0.2, -0.15) is 0 Å². The molecule has 212 valence electrons. The number of hydrogen-bond donors (Lipinski definition) is 0. The number of fused-ring (bicyclic) bond motifs is 2. The van der Waals surface area contributed by atoms with E-state index in [4.69, 9.17) is 9.97 Å². The smallest absolute Gasteiger partial charge is 0.0894 e. The van der Waals surface area contributed by atoms with Gasteiger partial charge in [0.2, 0.25) is 0 Å². The monoisotopic (exact) mass is 577 g/mol. The fraction of sp³-hybridized carbons (Fsp3) is 0. The second kappa shape index (κ2) is 11.5. The molecule has 2 heterocycles.